The third-order valence-electron chi connectivity index (χ3n) is 6.02. The number of aromatic hydroxyl groups is 1. The quantitative estimate of drug-likeness (QED) is 0.211. The first-order valence-corrected chi connectivity index (χ1v) is 11.7. The summed E-state index contributed by atoms with van der Waals surface area (Å²) in [4.78, 5) is 24.5. The number of aliphatic hydroxyl groups is 2. The van der Waals surface area contributed by atoms with E-state index in [2.05, 4.69) is 0 Å². The van der Waals surface area contributed by atoms with Gasteiger partial charge in [-0.2, -0.15) is 0 Å². The number of aliphatic hydroxyl groups excluding tert-OH is 2. The Kier molecular flexibility index (Phi) is 9.33. The van der Waals surface area contributed by atoms with Crippen LogP contribution in [0.5, 0.6) is 11.5 Å². The highest BCUT2D eigenvalue weighted by molar-refractivity contribution is 6.30. The number of hydrogen-bond acceptors (Lipinski definition) is 8. The molecule has 2 aromatic rings. The van der Waals surface area contributed by atoms with Crippen molar-refractivity contribution in [2.24, 2.45) is 0 Å². The highest BCUT2D eigenvalue weighted by Crippen LogP contribution is 2.35. The Morgan fingerprint density at radius 2 is 1.86 bits per heavy atom. The molecule has 1 aliphatic rings. The first-order valence-electron chi connectivity index (χ1n) is 11.4. The van der Waals surface area contributed by atoms with Gasteiger partial charge in [0, 0.05) is 30.5 Å². The van der Waals surface area contributed by atoms with Gasteiger partial charge >= 0.3 is 11.9 Å². The van der Waals surface area contributed by atoms with Crippen molar-refractivity contribution in [3.05, 3.63) is 64.7 Å². The summed E-state index contributed by atoms with van der Waals surface area (Å²) in [6.45, 7) is 0.0339. The van der Waals surface area contributed by atoms with E-state index in [1.807, 2.05) is 0 Å². The van der Waals surface area contributed by atoms with Crippen molar-refractivity contribution >= 4 is 29.6 Å². The minimum Gasteiger partial charge on any atom is -0.508 e. The maximum atomic E-state index is 12.3. The molecule has 3 rings (SSSR count). The van der Waals surface area contributed by atoms with Crippen LogP contribution in [-0.2, 0) is 25.5 Å². The van der Waals surface area contributed by atoms with E-state index in [0.29, 0.717) is 29.2 Å². The molecule has 0 amide bonds. The summed E-state index contributed by atoms with van der Waals surface area (Å²) < 4.78 is 16.4. The van der Waals surface area contributed by atoms with E-state index in [-0.39, 0.29) is 25.2 Å². The Hall–Kier alpha value is -3.11. The second-order valence-electron chi connectivity index (χ2n) is 8.57. The zero-order valence-electron chi connectivity index (χ0n) is 19.7. The van der Waals surface area contributed by atoms with E-state index in [1.54, 1.807) is 37.4 Å². The average molecular weight is 521 g/mol. The summed E-state index contributed by atoms with van der Waals surface area (Å²) in [6, 6.07) is 11.3. The highest BCUT2D eigenvalue weighted by atomic mass is 35.5. The van der Waals surface area contributed by atoms with E-state index in [4.69, 9.17) is 25.8 Å². The number of ether oxygens (including phenoxy) is 3. The first-order chi connectivity index (χ1) is 17.1. The molecule has 36 heavy (non-hydrogen) atoms. The number of benzene rings is 2. The number of aryl methyl sites for hydroxylation is 1. The van der Waals surface area contributed by atoms with Gasteiger partial charge in [-0.15, -0.1) is 0 Å². The van der Waals surface area contributed by atoms with Crippen LogP contribution in [0.15, 0.2) is 48.5 Å². The second kappa shape index (κ2) is 12.2. The third kappa shape index (κ3) is 6.98. The molecule has 0 aromatic heterocycles. The van der Waals surface area contributed by atoms with Gasteiger partial charge in [0.15, 0.2) is 5.60 Å². The molecular weight excluding hydrogens is 492 g/mol. The Bertz CT molecular complexity index is 1090. The maximum Gasteiger partial charge on any atom is 0.336 e. The van der Waals surface area contributed by atoms with Gasteiger partial charge in [-0.1, -0.05) is 23.7 Å². The van der Waals surface area contributed by atoms with Gasteiger partial charge in [0.25, 0.3) is 0 Å². The number of esters is 1. The topological polar surface area (TPSA) is 143 Å². The molecule has 194 valence electrons. The molecule has 1 fully saturated rings. The number of phenolic OH excluding ortho intramolecular Hbond substituents is 1. The summed E-state index contributed by atoms with van der Waals surface area (Å²) in [5.41, 5.74) is -0.388. The standard InChI is InChI=1S/C26H29ClO9/c1-34-21-10-7-18(27)13-17(21)3-2-12-35-26(25(32)33)14-20(29)24(31)22(15-26)36-23(30)11-6-16-4-8-19(28)9-5-16/h4-11,13,20,22,24,28-29,31H,2-3,12,14-15H2,1H3,(H,32,33)/t20-,22+,24+,26-/m0/s1. The van der Waals surface area contributed by atoms with Gasteiger partial charge in [0.2, 0.25) is 0 Å². The first kappa shape index (κ1) is 27.5. The van der Waals surface area contributed by atoms with Crippen molar-refractivity contribution in [1.82, 2.24) is 0 Å². The van der Waals surface area contributed by atoms with Gasteiger partial charge < -0.3 is 34.6 Å². The summed E-state index contributed by atoms with van der Waals surface area (Å²) in [5, 5.41) is 40.5. The minimum absolute atomic E-state index is 0.0339. The van der Waals surface area contributed by atoms with Gasteiger partial charge in [-0.3, -0.25) is 0 Å². The highest BCUT2D eigenvalue weighted by Gasteiger charge is 2.52. The molecule has 0 aliphatic heterocycles. The normalized spacial score (nSPS) is 23.9. The zero-order chi connectivity index (χ0) is 26.3. The van der Waals surface area contributed by atoms with Crippen LogP contribution in [-0.4, -0.2) is 70.0 Å². The van der Waals surface area contributed by atoms with Crippen LogP contribution < -0.4 is 4.74 Å². The van der Waals surface area contributed by atoms with Crippen molar-refractivity contribution in [3.63, 3.8) is 0 Å². The maximum absolute atomic E-state index is 12.3. The average Bonchev–Trinajstić information content (AvgIpc) is 2.84. The number of hydrogen-bond donors (Lipinski definition) is 4. The van der Waals surface area contributed by atoms with Crippen LogP contribution in [0.1, 0.15) is 30.4 Å². The zero-order valence-corrected chi connectivity index (χ0v) is 20.4. The molecule has 0 spiro atoms. The Balaban J connectivity index is 1.63. The molecule has 4 atom stereocenters. The lowest BCUT2D eigenvalue weighted by Crippen LogP contribution is -2.58. The van der Waals surface area contributed by atoms with E-state index >= 15 is 0 Å². The molecule has 0 unspecified atom stereocenters. The Morgan fingerprint density at radius 3 is 2.53 bits per heavy atom. The van der Waals surface area contributed by atoms with Crippen LogP contribution >= 0.6 is 11.6 Å². The van der Waals surface area contributed by atoms with Crippen molar-refractivity contribution in [3.8, 4) is 11.5 Å². The van der Waals surface area contributed by atoms with E-state index in [0.717, 1.165) is 11.6 Å². The molecule has 0 bridgehead atoms. The van der Waals surface area contributed by atoms with E-state index in [1.165, 1.54) is 18.2 Å². The minimum atomic E-state index is -1.84. The molecular formula is C26H29ClO9. The number of rotatable bonds is 10. The number of carboxylic acids is 1. The van der Waals surface area contributed by atoms with Crippen LogP contribution in [0.2, 0.25) is 5.02 Å². The lowest BCUT2D eigenvalue weighted by atomic mass is 9.79. The summed E-state index contributed by atoms with van der Waals surface area (Å²) in [6.07, 6.45) is -1.43. The largest absolute Gasteiger partial charge is 0.508 e. The van der Waals surface area contributed by atoms with E-state index in [9.17, 15) is 30.0 Å². The smallest absolute Gasteiger partial charge is 0.336 e. The van der Waals surface area contributed by atoms with Crippen molar-refractivity contribution in [1.29, 1.82) is 0 Å². The number of methoxy groups -OCH3 is 1. The number of carbonyl (C=O) groups excluding carboxylic acids is 1. The van der Waals surface area contributed by atoms with Crippen LogP contribution in [0.25, 0.3) is 6.08 Å². The number of halogens is 1. The lowest BCUT2D eigenvalue weighted by molar-refractivity contribution is -0.207. The van der Waals surface area contributed by atoms with Gasteiger partial charge in [-0.05, 0) is 60.4 Å². The molecule has 1 saturated carbocycles. The molecule has 1 aliphatic carbocycles. The van der Waals surface area contributed by atoms with Gasteiger partial charge in [-0.25, -0.2) is 9.59 Å². The lowest BCUT2D eigenvalue weighted by Gasteiger charge is -2.41. The van der Waals surface area contributed by atoms with Gasteiger partial charge in [0.05, 0.1) is 13.2 Å². The van der Waals surface area contributed by atoms with E-state index < -0.39 is 35.9 Å². The molecule has 10 heteroatoms. The predicted octanol–water partition coefficient (Wildman–Crippen LogP) is 2.97. The van der Waals surface area contributed by atoms with Crippen molar-refractivity contribution in [2.45, 2.75) is 49.6 Å². The fraction of sp³-hybridized carbons (Fsp3) is 0.385. The van der Waals surface area contributed by atoms with Crippen LogP contribution in [0, 0.1) is 0 Å². The molecule has 0 saturated heterocycles. The predicted molar refractivity (Wildman–Crippen MR) is 131 cm³/mol. The number of aliphatic carboxylic acids is 1. The fourth-order valence-corrected chi connectivity index (χ4v) is 4.31. The van der Waals surface area contributed by atoms with Crippen LogP contribution in [0.3, 0.4) is 0 Å². The number of phenols is 1. The summed E-state index contributed by atoms with van der Waals surface area (Å²) >= 11 is 6.05. The second-order valence-corrected chi connectivity index (χ2v) is 9.01. The summed E-state index contributed by atoms with van der Waals surface area (Å²) in [5.74, 6) is -1.43. The molecule has 4 N–H and O–H groups in total. The SMILES string of the molecule is COc1ccc(Cl)cc1CCCO[C@@]1(C(=O)O)C[C@H](O)[C@@H](O)[C@H](OC(=O)C=Cc2ccc(O)cc2)C1. The van der Waals surface area contributed by atoms with Crippen molar-refractivity contribution in [2.75, 3.05) is 13.7 Å². The number of carboxylic acid groups (broad SMARTS) is 1. The molecule has 9 nitrogen and oxygen atoms in total. The summed E-state index contributed by atoms with van der Waals surface area (Å²) in [7, 11) is 1.54. The monoisotopic (exact) mass is 520 g/mol. The Morgan fingerprint density at radius 1 is 1.14 bits per heavy atom. The van der Waals surface area contributed by atoms with Gasteiger partial charge in [0.1, 0.15) is 23.7 Å². The fourth-order valence-electron chi connectivity index (χ4n) is 4.11. The van der Waals surface area contributed by atoms with Crippen LogP contribution in [0.4, 0.5) is 0 Å². The Labute approximate surface area is 213 Å². The van der Waals surface area contributed by atoms with Crippen molar-refractivity contribution < 1.29 is 44.2 Å². The molecule has 2 aromatic carbocycles. The molecule has 0 heterocycles. The third-order valence-corrected chi connectivity index (χ3v) is 6.25. The number of carbonyl (C=O) groups is 2. The molecule has 0 radical (unpaired) electrons.